The van der Waals surface area contributed by atoms with E-state index in [4.69, 9.17) is 10.8 Å². The van der Waals surface area contributed by atoms with Crippen LogP contribution in [0.5, 0.6) is 0 Å². The molecule has 0 spiro atoms. The van der Waals surface area contributed by atoms with E-state index < -0.39 is 92.3 Å². The maximum atomic E-state index is 12.7. The predicted octanol–water partition coefficient (Wildman–Crippen LogP) is -5.48. The Morgan fingerprint density at radius 3 is 1.72 bits per heavy atom. The molecule has 7 amide bonds. The number of hydrogen-bond acceptors (Lipinski definition) is 9. The first-order chi connectivity index (χ1) is 18.5. The molecule has 3 atom stereocenters. The average Bonchev–Trinajstić information content (AvgIpc) is 2.91. The van der Waals surface area contributed by atoms with E-state index in [-0.39, 0.29) is 6.42 Å². The molecule has 39 heavy (non-hydrogen) atoms. The van der Waals surface area contributed by atoms with Gasteiger partial charge in [-0.05, 0) is 12.5 Å². The van der Waals surface area contributed by atoms with Gasteiger partial charge in [0.05, 0.1) is 26.2 Å². The smallest absolute Gasteiger partial charge is 0.246 e. The summed E-state index contributed by atoms with van der Waals surface area (Å²) >= 11 is 0. The number of carbonyl (C=O) groups is 7. The predicted molar refractivity (Wildman–Crippen MR) is 134 cm³/mol. The molecule has 0 saturated heterocycles. The first-order valence-electron chi connectivity index (χ1n) is 11.7. The minimum Gasteiger partial charge on any atom is -0.394 e. The molecule has 16 heteroatoms. The summed E-state index contributed by atoms with van der Waals surface area (Å²) in [5.74, 6) is -5.51. The molecule has 0 aromatic heterocycles. The van der Waals surface area contributed by atoms with Crippen molar-refractivity contribution in [2.45, 2.75) is 31.5 Å². The zero-order valence-electron chi connectivity index (χ0n) is 21.2. The van der Waals surface area contributed by atoms with Crippen LogP contribution in [0.2, 0.25) is 0 Å². The van der Waals surface area contributed by atoms with Crippen LogP contribution in [0, 0.1) is 0 Å². The Hall–Kier alpha value is -4.57. The van der Waals surface area contributed by atoms with Crippen LogP contribution < -0.4 is 37.6 Å². The molecule has 0 fully saturated rings. The van der Waals surface area contributed by atoms with Crippen LogP contribution in [0.25, 0.3) is 0 Å². The van der Waals surface area contributed by atoms with Crippen LogP contribution in [0.4, 0.5) is 0 Å². The minimum absolute atomic E-state index is 0.0422. The van der Waals surface area contributed by atoms with Crippen molar-refractivity contribution >= 4 is 41.4 Å². The van der Waals surface area contributed by atoms with Crippen molar-refractivity contribution in [3.63, 3.8) is 0 Å². The first kappa shape index (κ1) is 32.5. The Morgan fingerprint density at radius 1 is 0.718 bits per heavy atom. The highest BCUT2D eigenvalue weighted by molar-refractivity contribution is 5.94. The highest BCUT2D eigenvalue weighted by atomic mass is 16.3. The van der Waals surface area contributed by atoms with Gasteiger partial charge in [-0.15, -0.1) is 0 Å². The normalized spacial score (nSPS) is 12.6. The molecule has 1 aromatic carbocycles. The van der Waals surface area contributed by atoms with Crippen molar-refractivity contribution in [2.24, 2.45) is 5.73 Å². The molecular formula is C23H33N7O9. The number of primary amides is 1. The molecule has 1 aromatic rings. The standard InChI is InChI=1S/C23H33N7O9/c1-13(21(24)37)28-17(33)9-26-22(38)15(7-14-5-3-2-4-6-14)29-19(35)10-27-23(39)16(11-31)30-18(34)8-25-20(36)12-32/h2-6,13,15-16,31-32H,7-12H2,1H3,(H2,24,37)(H,25,36)(H,26,38)(H,27,39)(H,28,33)(H,29,35)(H,30,34). The lowest BCUT2D eigenvalue weighted by Crippen LogP contribution is -2.55. The van der Waals surface area contributed by atoms with Gasteiger partial charge in [0, 0.05) is 6.42 Å². The molecule has 0 saturated carbocycles. The topological polar surface area (TPSA) is 258 Å². The number of nitrogens with two attached hydrogens (primary N) is 1. The molecular weight excluding hydrogens is 518 g/mol. The summed E-state index contributed by atoms with van der Waals surface area (Å²) < 4.78 is 0. The van der Waals surface area contributed by atoms with E-state index in [2.05, 4.69) is 31.9 Å². The highest BCUT2D eigenvalue weighted by Crippen LogP contribution is 2.03. The van der Waals surface area contributed by atoms with Gasteiger partial charge < -0.3 is 47.8 Å². The second-order valence-electron chi connectivity index (χ2n) is 8.17. The van der Waals surface area contributed by atoms with E-state index in [1.807, 2.05) is 0 Å². The van der Waals surface area contributed by atoms with Crippen molar-refractivity contribution in [2.75, 3.05) is 32.8 Å². The zero-order chi connectivity index (χ0) is 29.4. The average molecular weight is 552 g/mol. The summed E-state index contributed by atoms with van der Waals surface area (Å²) in [5, 5.41) is 31.6. The summed E-state index contributed by atoms with van der Waals surface area (Å²) in [6.45, 7) is -1.96. The number of amides is 7. The van der Waals surface area contributed by atoms with Crippen molar-refractivity contribution < 1.29 is 43.8 Å². The number of rotatable bonds is 16. The van der Waals surface area contributed by atoms with Crippen LogP contribution in [-0.2, 0) is 40.0 Å². The van der Waals surface area contributed by atoms with Crippen molar-refractivity contribution in [3.05, 3.63) is 35.9 Å². The fraction of sp³-hybridized carbons (Fsp3) is 0.435. The van der Waals surface area contributed by atoms with Gasteiger partial charge in [0.1, 0.15) is 24.7 Å². The zero-order valence-corrected chi connectivity index (χ0v) is 21.2. The third-order valence-corrected chi connectivity index (χ3v) is 5.01. The quantitative estimate of drug-likeness (QED) is 0.0948. The van der Waals surface area contributed by atoms with E-state index in [0.29, 0.717) is 5.56 Å². The number of aliphatic hydroxyl groups is 2. The molecule has 0 aliphatic heterocycles. The van der Waals surface area contributed by atoms with E-state index in [1.165, 1.54) is 6.92 Å². The van der Waals surface area contributed by atoms with Crippen molar-refractivity contribution in [1.82, 2.24) is 31.9 Å². The molecule has 3 unspecified atom stereocenters. The summed E-state index contributed by atoms with van der Waals surface area (Å²) in [5.41, 5.74) is 5.77. The maximum Gasteiger partial charge on any atom is 0.246 e. The van der Waals surface area contributed by atoms with E-state index in [1.54, 1.807) is 30.3 Å². The van der Waals surface area contributed by atoms with Crippen LogP contribution in [0.3, 0.4) is 0 Å². The molecule has 0 aliphatic rings. The Morgan fingerprint density at radius 2 is 1.21 bits per heavy atom. The Bertz CT molecular complexity index is 1040. The lowest BCUT2D eigenvalue weighted by Gasteiger charge is -2.20. The molecule has 214 valence electrons. The van der Waals surface area contributed by atoms with Gasteiger partial charge in [0.25, 0.3) is 0 Å². The molecule has 0 aliphatic carbocycles. The van der Waals surface area contributed by atoms with Gasteiger partial charge in [0.2, 0.25) is 41.4 Å². The number of aliphatic hydroxyl groups excluding tert-OH is 2. The van der Waals surface area contributed by atoms with Gasteiger partial charge in [-0.3, -0.25) is 33.6 Å². The van der Waals surface area contributed by atoms with E-state index >= 15 is 0 Å². The van der Waals surface area contributed by atoms with E-state index in [0.717, 1.165) is 0 Å². The first-order valence-corrected chi connectivity index (χ1v) is 11.7. The second-order valence-corrected chi connectivity index (χ2v) is 8.17. The summed E-state index contributed by atoms with van der Waals surface area (Å²) in [6.07, 6.45) is 0.0422. The summed E-state index contributed by atoms with van der Waals surface area (Å²) in [6, 6.07) is 5.09. The van der Waals surface area contributed by atoms with Gasteiger partial charge in [-0.2, -0.15) is 0 Å². The lowest BCUT2D eigenvalue weighted by atomic mass is 10.1. The minimum atomic E-state index is -1.44. The Kier molecular flexibility index (Phi) is 14.2. The fourth-order valence-corrected chi connectivity index (χ4v) is 2.92. The summed E-state index contributed by atoms with van der Waals surface area (Å²) in [7, 11) is 0. The third-order valence-electron chi connectivity index (χ3n) is 5.01. The van der Waals surface area contributed by atoms with Crippen LogP contribution in [-0.4, -0.2) is 103 Å². The molecule has 0 heterocycles. The molecule has 0 radical (unpaired) electrons. The highest BCUT2D eigenvalue weighted by Gasteiger charge is 2.24. The van der Waals surface area contributed by atoms with Crippen molar-refractivity contribution in [3.8, 4) is 0 Å². The van der Waals surface area contributed by atoms with Crippen LogP contribution in [0.15, 0.2) is 30.3 Å². The third kappa shape index (κ3) is 13.0. The van der Waals surface area contributed by atoms with Gasteiger partial charge >= 0.3 is 0 Å². The van der Waals surface area contributed by atoms with Gasteiger partial charge in [0.15, 0.2) is 0 Å². The largest absolute Gasteiger partial charge is 0.394 e. The Balaban J connectivity index is 2.71. The summed E-state index contributed by atoms with van der Waals surface area (Å²) in [4.78, 5) is 83.3. The number of nitrogens with one attached hydrogen (secondary N) is 6. The van der Waals surface area contributed by atoms with E-state index in [9.17, 15) is 38.7 Å². The monoisotopic (exact) mass is 551 g/mol. The van der Waals surface area contributed by atoms with Crippen LogP contribution >= 0.6 is 0 Å². The van der Waals surface area contributed by atoms with Gasteiger partial charge in [-0.1, -0.05) is 30.3 Å². The van der Waals surface area contributed by atoms with Crippen LogP contribution in [0.1, 0.15) is 12.5 Å². The SMILES string of the molecule is CC(NC(=O)CNC(=O)C(Cc1ccccc1)NC(=O)CNC(=O)C(CO)NC(=O)CNC(=O)CO)C(N)=O. The molecule has 1 rings (SSSR count). The maximum absolute atomic E-state index is 12.7. The number of benzene rings is 1. The van der Waals surface area contributed by atoms with Crippen molar-refractivity contribution in [1.29, 1.82) is 0 Å². The lowest BCUT2D eigenvalue weighted by molar-refractivity contribution is -0.133. The van der Waals surface area contributed by atoms with Gasteiger partial charge in [-0.25, -0.2) is 0 Å². The number of carbonyl (C=O) groups excluding carboxylic acids is 7. The number of hydrogen-bond donors (Lipinski definition) is 9. The second kappa shape index (κ2) is 17.0. The molecule has 0 bridgehead atoms. The Labute approximate surface area is 223 Å². The molecule has 10 N–H and O–H groups in total. The molecule has 16 nitrogen and oxygen atoms in total. The fourth-order valence-electron chi connectivity index (χ4n) is 2.92.